The molecule has 108 valence electrons. The zero-order valence-corrected chi connectivity index (χ0v) is 12.7. The number of halogens is 1. The summed E-state index contributed by atoms with van der Waals surface area (Å²) in [6, 6.07) is 11.3. The second-order valence-corrected chi connectivity index (χ2v) is 6.49. The van der Waals surface area contributed by atoms with Gasteiger partial charge in [0.1, 0.15) is 4.90 Å². The lowest BCUT2D eigenvalue weighted by Gasteiger charge is -2.08. The first-order valence-corrected chi connectivity index (χ1v) is 7.90. The van der Waals surface area contributed by atoms with Crippen molar-refractivity contribution >= 4 is 21.6 Å². The van der Waals surface area contributed by atoms with E-state index in [1.54, 1.807) is 12.1 Å². The first-order valence-electron chi connectivity index (χ1n) is 6.04. The summed E-state index contributed by atoms with van der Waals surface area (Å²) in [4.78, 5) is 4.16. The summed E-state index contributed by atoms with van der Waals surface area (Å²) >= 11 is 5.91. The first-order chi connectivity index (χ1) is 9.92. The Morgan fingerprint density at radius 2 is 2.10 bits per heavy atom. The van der Waals surface area contributed by atoms with Crippen LogP contribution in [0.1, 0.15) is 17.0 Å². The fourth-order valence-electron chi connectivity index (χ4n) is 1.73. The topological polar surface area (TPSA) is 82.9 Å². The van der Waals surface area contributed by atoms with E-state index in [-0.39, 0.29) is 16.5 Å². The average molecular weight is 322 g/mol. The lowest BCUT2D eigenvalue weighted by Crippen LogP contribution is -2.24. The minimum absolute atomic E-state index is 0.0127. The summed E-state index contributed by atoms with van der Waals surface area (Å²) in [6.07, 6.45) is 0. The Bertz CT molecular complexity index is 813. The molecule has 0 aliphatic heterocycles. The first kappa shape index (κ1) is 15.4. The van der Waals surface area contributed by atoms with E-state index in [1.165, 1.54) is 18.2 Å². The number of aryl methyl sites for hydroxylation is 1. The summed E-state index contributed by atoms with van der Waals surface area (Å²) in [6.45, 7) is 1.90. The van der Waals surface area contributed by atoms with Crippen LogP contribution >= 0.6 is 11.6 Å². The number of nitrogens with zero attached hydrogens (tertiary/aromatic N) is 2. The molecule has 1 heterocycles. The van der Waals surface area contributed by atoms with Gasteiger partial charge in [0.05, 0.1) is 28.9 Å². The van der Waals surface area contributed by atoms with Crippen LogP contribution in [0.5, 0.6) is 0 Å². The number of hydrogen-bond donors (Lipinski definition) is 1. The molecule has 0 amide bonds. The predicted molar refractivity (Wildman–Crippen MR) is 79.2 cm³/mol. The van der Waals surface area contributed by atoms with E-state index in [4.69, 9.17) is 16.9 Å². The van der Waals surface area contributed by atoms with E-state index in [0.29, 0.717) is 11.3 Å². The highest BCUT2D eigenvalue weighted by molar-refractivity contribution is 7.89. The largest absolute Gasteiger partial charge is 0.257 e. The van der Waals surface area contributed by atoms with Crippen molar-refractivity contribution in [2.24, 2.45) is 0 Å². The smallest absolute Gasteiger partial charge is 0.242 e. The summed E-state index contributed by atoms with van der Waals surface area (Å²) in [5, 5.41) is 8.76. The van der Waals surface area contributed by atoms with E-state index in [1.807, 2.05) is 19.1 Å². The van der Waals surface area contributed by atoms with Gasteiger partial charge in [0.25, 0.3) is 0 Å². The molecule has 0 radical (unpaired) electrons. The number of sulfonamides is 1. The van der Waals surface area contributed by atoms with Gasteiger partial charge < -0.3 is 0 Å². The van der Waals surface area contributed by atoms with Crippen molar-refractivity contribution in [2.45, 2.75) is 18.4 Å². The van der Waals surface area contributed by atoms with Gasteiger partial charge in [-0.25, -0.2) is 13.1 Å². The van der Waals surface area contributed by atoms with Gasteiger partial charge in [-0.2, -0.15) is 5.26 Å². The highest BCUT2D eigenvalue weighted by atomic mass is 35.5. The lowest BCUT2D eigenvalue weighted by atomic mass is 10.2. The molecule has 2 aromatic rings. The van der Waals surface area contributed by atoms with Crippen LogP contribution in [0.4, 0.5) is 0 Å². The van der Waals surface area contributed by atoms with Gasteiger partial charge in [-0.1, -0.05) is 17.7 Å². The average Bonchev–Trinajstić information content (AvgIpc) is 2.45. The zero-order chi connectivity index (χ0) is 15.5. The fourth-order valence-corrected chi connectivity index (χ4v) is 3.27. The lowest BCUT2D eigenvalue weighted by molar-refractivity contribution is 0.580. The number of pyridine rings is 1. The molecular formula is C14H12ClN3O2S. The minimum atomic E-state index is -3.76. The van der Waals surface area contributed by atoms with Crippen molar-refractivity contribution in [3.63, 3.8) is 0 Å². The molecule has 21 heavy (non-hydrogen) atoms. The molecule has 0 aliphatic rings. The Balaban J connectivity index is 2.21. The van der Waals surface area contributed by atoms with Crippen molar-refractivity contribution in [1.82, 2.24) is 9.71 Å². The summed E-state index contributed by atoms with van der Waals surface area (Å²) in [7, 11) is -3.76. The third-order valence-corrected chi connectivity index (χ3v) is 4.62. The van der Waals surface area contributed by atoms with Crippen LogP contribution in [-0.2, 0) is 16.6 Å². The van der Waals surface area contributed by atoms with Crippen LogP contribution < -0.4 is 4.72 Å². The Kier molecular flexibility index (Phi) is 4.58. The number of hydrogen-bond acceptors (Lipinski definition) is 4. The Morgan fingerprint density at radius 3 is 2.71 bits per heavy atom. The molecule has 0 fully saturated rings. The monoisotopic (exact) mass is 321 g/mol. The predicted octanol–water partition coefficient (Wildman–Crippen LogP) is 2.39. The fraction of sp³-hybridized carbons (Fsp3) is 0.143. The van der Waals surface area contributed by atoms with E-state index in [0.717, 1.165) is 5.69 Å². The highest BCUT2D eigenvalue weighted by Gasteiger charge is 2.18. The van der Waals surface area contributed by atoms with E-state index >= 15 is 0 Å². The van der Waals surface area contributed by atoms with Gasteiger partial charge in [-0.3, -0.25) is 4.98 Å². The van der Waals surface area contributed by atoms with Crippen molar-refractivity contribution in [3.05, 3.63) is 58.4 Å². The summed E-state index contributed by atoms with van der Waals surface area (Å²) < 4.78 is 26.8. The minimum Gasteiger partial charge on any atom is -0.257 e. The molecule has 1 aromatic heterocycles. The van der Waals surface area contributed by atoms with E-state index in [2.05, 4.69) is 9.71 Å². The van der Waals surface area contributed by atoms with E-state index in [9.17, 15) is 8.42 Å². The van der Waals surface area contributed by atoms with Crippen LogP contribution in [0, 0.1) is 18.3 Å². The van der Waals surface area contributed by atoms with Gasteiger partial charge in [0, 0.05) is 5.69 Å². The third-order valence-electron chi connectivity index (χ3n) is 2.74. The van der Waals surface area contributed by atoms with Crippen LogP contribution in [0.2, 0.25) is 5.02 Å². The van der Waals surface area contributed by atoms with Crippen LogP contribution in [0.15, 0.2) is 41.3 Å². The van der Waals surface area contributed by atoms with E-state index < -0.39 is 10.0 Å². The molecule has 0 bridgehead atoms. The van der Waals surface area contributed by atoms with Crippen molar-refractivity contribution in [3.8, 4) is 6.07 Å². The number of nitriles is 1. The van der Waals surface area contributed by atoms with Crippen LogP contribution in [0.3, 0.4) is 0 Å². The summed E-state index contributed by atoms with van der Waals surface area (Å²) in [5.74, 6) is 0. The van der Waals surface area contributed by atoms with Gasteiger partial charge in [0.2, 0.25) is 10.0 Å². The van der Waals surface area contributed by atoms with Crippen molar-refractivity contribution in [1.29, 1.82) is 5.26 Å². The number of aromatic nitrogens is 1. The normalized spacial score (nSPS) is 11.1. The van der Waals surface area contributed by atoms with Gasteiger partial charge in [-0.15, -0.1) is 0 Å². The maximum atomic E-state index is 12.2. The van der Waals surface area contributed by atoms with Crippen molar-refractivity contribution < 1.29 is 8.42 Å². The zero-order valence-electron chi connectivity index (χ0n) is 11.2. The number of rotatable bonds is 4. The van der Waals surface area contributed by atoms with Gasteiger partial charge >= 0.3 is 0 Å². The Hall–Kier alpha value is -1.94. The quantitative estimate of drug-likeness (QED) is 0.937. The molecule has 1 N–H and O–H groups in total. The molecule has 0 spiro atoms. The molecule has 7 heteroatoms. The third kappa shape index (κ3) is 3.79. The maximum absolute atomic E-state index is 12.2. The molecule has 0 atom stereocenters. The van der Waals surface area contributed by atoms with Crippen LogP contribution in [-0.4, -0.2) is 13.4 Å². The second-order valence-electron chi connectivity index (χ2n) is 4.35. The molecule has 0 saturated carbocycles. The second kappa shape index (κ2) is 6.22. The Labute approximate surface area is 128 Å². The standard InChI is InChI=1S/C14H12ClN3O2S/c1-10-3-2-4-12(18-10)9-17-21(19,20)14-6-5-11(8-16)7-13(14)15/h2-7,17H,9H2,1H3. The van der Waals surface area contributed by atoms with Gasteiger partial charge in [0.15, 0.2) is 0 Å². The molecule has 1 aromatic carbocycles. The molecule has 5 nitrogen and oxygen atoms in total. The number of benzene rings is 1. The molecule has 0 saturated heterocycles. The molecule has 0 unspecified atom stereocenters. The van der Waals surface area contributed by atoms with Gasteiger partial charge in [-0.05, 0) is 37.3 Å². The molecule has 2 rings (SSSR count). The summed E-state index contributed by atoms with van der Waals surface area (Å²) in [5.41, 5.74) is 1.73. The maximum Gasteiger partial charge on any atom is 0.242 e. The molecular weight excluding hydrogens is 310 g/mol. The SMILES string of the molecule is Cc1cccc(CNS(=O)(=O)c2ccc(C#N)cc2Cl)n1. The van der Waals surface area contributed by atoms with Crippen molar-refractivity contribution in [2.75, 3.05) is 0 Å². The molecule has 0 aliphatic carbocycles. The highest BCUT2D eigenvalue weighted by Crippen LogP contribution is 2.22. The number of nitrogens with one attached hydrogen (secondary N) is 1. The van der Waals surface area contributed by atoms with Crippen LogP contribution in [0.25, 0.3) is 0 Å². The Morgan fingerprint density at radius 1 is 1.33 bits per heavy atom.